The van der Waals surface area contributed by atoms with E-state index in [4.69, 9.17) is 5.73 Å². The molecule has 0 radical (unpaired) electrons. The molecule has 0 spiro atoms. The number of aromatic nitrogens is 4. The van der Waals surface area contributed by atoms with Gasteiger partial charge >= 0.3 is 0 Å². The highest BCUT2D eigenvalue weighted by Gasteiger charge is 2.05. The summed E-state index contributed by atoms with van der Waals surface area (Å²) in [5.74, 6) is -0.598. The molecule has 0 saturated carbocycles. The zero-order valence-corrected chi connectivity index (χ0v) is 5.98. The molecule has 2 aromatic heterocycles. The molecule has 1 amide bonds. The fourth-order valence-corrected chi connectivity index (χ4v) is 0.870. The Hall–Kier alpha value is -1.98. The monoisotopic (exact) mass is 163 g/mol. The molecule has 0 atom stereocenters. The van der Waals surface area contributed by atoms with Crippen LogP contribution in [0.1, 0.15) is 10.5 Å². The Morgan fingerprint density at radius 1 is 1.50 bits per heavy atom. The highest BCUT2D eigenvalue weighted by atomic mass is 16.1. The first-order chi connectivity index (χ1) is 5.77. The van der Waals surface area contributed by atoms with Crippen LogP contribution in [-0.4, -0.2) is 26.1 Å². The number of rotatable bonds is 1. The fraction of sp³-hybridized carbons (Fsp3) is 0. The number of carbonyl (C=O) groups is 1. The third-order valence-electron chi connectivity index (χ3n) is 1.43. The highest BCUT2D eigenvalue weighted by molar-refractivity contribution is 5.92. The smallest absolute Gasteiger partial charge is 0.269 e. The molecule has 2 aromatic rings. The van der Waals surface area contributed by atoms with Gasteiger partial charge in [0.15, 0.2) is 11.3 Å². The van der Waals surface area contributed by atoms with E-state index in [2.05, 4.69) is 20.2 Å². The van der Waals surface area contributed by atoms with E-state index >= 15 is 0 Å². The summed E-state index contributed by atoms with van der Waals surface area (Å²) in [5, 5.41) is 7.24. The minimum Gasteiger partial charge on any atom is -0.364 e. The summed E-state index contributed by atoms with van der Waals surface area (Å²) >= 11 is 0. The van der Waals surface area contributed by atoms with Crippen LogP contribution in [-0.2, 0) is 0 Å². The zero-order chi connectivity index (χ0) is 8.55. The van der Waals surface area contributed by atoms with E-state index in [0.29, 0.717) is 11.2 Å². The Kier molecular flexibility index (Phi) is 1.26. The molecular weight excluding hydrogens is 158 g/mol. The lowest BCUT2D eigenvalue weighted by molar-refractivity contribution is 0.0995. The van der Waals surface area contributed by atoms with E-state index in [9.17, 15) is 4.79 Å². The average Bonchev–Trinajstić information content (AvgIpc) is 2.49. The van der Waals surface area contributed by atoms with Gasteiger partial charge in [-0.05, 0) is 6.07 Å². The summed E-state index contributed by atoms with van der Waals surface area (Å²) in [7, 11) is 0. The summed E-state index contributed by atoms with van der Waals surface area (Å²) in [5.41, 5.74) is 6.25. The van der Waals surface area contributed by atoms with E-state index in [-0.39, 0.29) is 5.69 Å². The van der Waals surface area contributed by atoms with Crippen molar-refractivity contribution in [1.29, 1.82) is 0 Å². The number of amides is 1. The van der Waals surface area contributed by atoms with Gasteiger partial charge in [0, 0.05) is 0 Å². The largest absolute Gasteiger partial charge is 0.364 e. The molecule has 0 aliphatic carbocycles. The maximum Gasteiger partial charge on any atom is 0.269 e. The van der Waals surface area contributed by atoms with Crippen molar-refractivity contribution in [2.75, 3.05) is 0 Å². The van der Waals surface area contributed by atoms with Crippen molar-refractivity contribution >= 4 is 17.1 Å². The Bertz CT molecular complexity index is 434. The first-order valence-corrected chi connectivity index (χ1v) is 3.24. The zero-order valence-electron chi connectivity index (χ0n) is 5.98. The van der Waals surface area contributed by atoms with E-state index < -0.39 is 5.91 Å². The molecule has 2 rings (SSSR count). The van der Waals surface area contributed by atoms with E-state index in [1.165, 1.54) is 12.4 Å². The number of nitrogens with two attached hydrogens (primary N) is 1. The fourth-order valence-electron chi connectivity index (χ4n) is 0.870. The summed E-state index contributed by atoms with van der Waals surface area (Å²) in [4.78, 5) is 17.3. The Balaban J connectivity index is 2.68. The molecule has 6 nitrogen and oxygen atoms in total. The van der Waals surface area contributed by atoms with Crippen LogP contribution in [0.5, 0.6) is 0 Å². The number of carbonyl (C=O) groups excluding carboxylic acids is 1. The van der Waals surface area contributed by atoms with Gasteiger partial charge in [-0.2, -0.15) is 0 Å². The number of imidazole rings is 1. The second kappa shape index (κ2) is 2.26. The minimum atomic E-state index is -0.598. The van der Waals surface area contributed by atoms with Crippen LogP contribution >= 0.6 is 0 Å². The summed E-state index contributed by atoms with van der Waals surface area (Å²) in [6.07, 6.45) is 1.48. The van der Waals surface area contributed by atoms with Crippen molar-refractivity contribution in [2.45, 2.75) is 0 Å². The van der Waals surface area contributed by atoms with Crippen molar-refractivity contribution in [3.63, 3.8) is 0 Å². The number of aromatic amines is 1. The third-order valence-corrected chi connectivity index (χ3v) is 1.43. The lowest BCUT2D eigenvalue weighted by Gasteiger charge is -1.90. The van der Waals surface area contributed by atoms with Gasteiger partial charge < -0.3 is 10.7 Å². The number of nitrogens with one attached hydrogen (secondary N) is 1. The molecular formula is C6H5N5O. The third kappa shape index (κ3) is 0.895. The van der Waals surface area contributed by atoms with Gasteiger partial charge in [-0.3, -0.25) is 4.79 Å². The van der Waals surface area contributed by atoms with Crippen LogP contribution in [0.2, 0.25) is 0 Å². The summed E-state index contributed by atoms with van der Waals surface area (Å²) in [6, 6.07) is 1.51. The quantitative estimate of drug-likeness (QED) is 0.589. The normalized spacial score (nSPS) is 10.3. The van der Waals surface area contributed by atoms with Crippen LogP contribution in [0.4, 0.5) is 0 Å². The molecule has 2 heterocycles. The standard InChI is InChI=1S/C6H5N5O/c7-5(12)3-1-4-6(11-10-3)9-2-8-4/h1-2H,(H2,7,12)(H,8,9,11). The topological polar surface area (TPSA) is 97.6 Å². The van der Waals surface area contributed by atoms with Gasteiger partial charge in [-0.1, -0.05) is 0 Å². The van der Waals surface area contributed by atoms with Crippen molar-refractivity contribution in [1.82, 2.24) is 20.2 Å². The average molecular weight is 163 g/mol. The van der Waals surface area contributed by atoms with Gasteiger partial charge in [0.05, 0.1) is 11.8 Å². The number of nitrogens with zero attached hydrogens (tertiary/aromatic N) is 3. The molecule has 3 N–H and O–H groups in total. The SMILES string of the molecule is NC(=O)c1cc2[nH]cnc2nn1. The molecule has 0 unspecified atom stereocenters. The number of hydrogen-bond donors (Lipinski definition) is 2. The molecule has 6 heteroatoms. The molecule has 0 aliphatic rings. The molecule has 12 heavy (non-hydrogen) atoms. The van der Waals surface area contributed by atoms with E-state index in [1.807, 2.05) is 0 Å². The molecule has 60 valence electrons. The van der Waals surface area contributed by atoms with Gasteiger partial charge in [0.2, 0.25) is 0 Å². The first kappa shape index (κ1) is 6.71. The maximum atomic E-state index is 10.7. The molecule has 0 aliphatic heterocycles. The van der Waals surface area contributed by atoms with Crippen LogP contribution in [0, 0.1) is 0 Å². The Morgan fingerprint density at radius 2 is 2.33 bits per heavy atom. The lowest BCUT2D eigenvalue weighted by Crippen LogP contribution is -2.13. The summed E-state index contributed by atoms with van der Waals surface area (Å²) < 4.78 is 0. The summed E-state index contributed by atoms with van der Waals surface area (Å²) in [6.45, 7) is 0. The minimum absolute atomic E-state index is 0.131. The Morgan fingerprint density at radius 3 is 3.08 bits per heavy atom. The molecule has 0 fully saturated rings. The number of H-pyrrole nitrogens is 1. The number of primary amides is 1. The second-order valence-electron chi connectivity index (χ2n) is 2.23. The van der Waals surface area contributed by atoms with E-state index in [1.54, 1.807) is 0 Å². The predicted octanol–water partition coefficient (Wildman–Crippen LogP) is -0.548. The predicted molar refractivity (Wildman–Crippen MR) is 40.2 cm³/mol. The van der Waals surface area contributed by atoms with Crippen LogP contribution in [0.25, 0.3) is 11.2 Å². The second-order valence-corrected chi connectivity index (χ2v) is 2.23. The molecule has 0 saturated heterocycles. The van der Waals surface area contributed by atoms with Gasteiger partial charge in [0.25, 0.3) is 5.91 Å². The first-order valence-electron chi connectivity index (χ1n) is 3.24. The van der Waals surface area contributed by atoms with Gasteiger partial charge in [-0.15, -0.1) is 10.2 Å². The lowest BCUT2D eigenvalue weighted by atomic mass is 10.3. The van der Waals surface area contributed by atoms with Crippen LogP contribution < -0.4 is 5.73 Å². The van der Waals surface area contributed by atoms with Crippen molar-refractivity contribution in [2.24, 2.45) is 5.73 Å². The number of fused-ring (bicyclic) bond motifs is 1. The highest BCUT2D eigenvalue weighted by Crippen LogP contribution is 2.04. The van der Waals surface area contributed by atoms with E-state index in [0.717, 1.165) is 0 Å². The Labute approximate surface area is 66.8 Å². The van der Waals surface area contributed by atoms with Crippen molar-refractivity contribution < 1.29 is 4.79 Å². The van der Waals surface area contributed by atoms with Gasteiger partial charge in [0.1, 0.15) is 0 Å². The number of hydrogen-bond acceptors (Lipinski definition) is 4. The van der Waals surface area contributed by atoms with Crippen LogP contribution in [0.3, 0.4) is 0 Å². The van der Waals surface area contributed by atoms with Crippen molar-refractivity contribution in [3.05, 3.63) is 18.1 Å². The molecule has 0 bridgehead atoms. The molecule has 0 aromatic carbocycles. The van der Waals surface area contributed by atoms with Crippen molar-refractivity contribution in [3.8, 4) is 0 Å². The van der Waals surface area contributed by atoms with Crippen LogP contribution in [0.15, 0.2) is 12.4 Å². The van der Waals surface area contributed by atoms with Gasteiger partial charge in [-0.25, -0.2) is 4.98 Å². The maximum absolute atomic E-state index is 10.7.